The van der Waals surface area contributed by atoms with Gasteiger partial charge in [-0.2, -0.15) is 5.10 Å². The van der Waals surface area contributed by atoms with Gasteiger partial charge in [-0.3, -0.25) is 5.10 Å². The van der Waals surface area contributed by atoms with E-state index in [1.165, 1.54) is 6.33 Å². The molecule has 0 aliphatic carbocycles. The van der Waals surface area contributed by atoms with Crippen LogP contribution in [-0.4, -0.2) is 38.4 Å². The highest BCUT2D eigenvalue weighted by Crippen LogP contribution is 2.22. The van der Waals surface area contributed by atoms with Crippen molar-refractivity contribution >= 4 is 16.9 Å². The molecule has 0 bridgehead atoms. The van der Waals surface area contributed by atoms with Gasteiger partial charge in [-0.25, -0.2) is 9.97 Å². The van der Waals surface area contributed by atoms with Gasteiger partial charge in [0.25, 0.3) is 0 Å². The first kappa shape index (κ1) is 11.8. The first-order valence-corrected chi connectivity index (χ1v) is 5.61. The number of fused-ring (bicyclic) bond motifs is 1. The van der Waals surface area contributed by atoms with Gasteiger partial charge in [-0.15, -0.1) is 0 Å². The number of nitrogens with one attached hydrogen (secondary N) is 2. The van der Waals surface area contributed by atoms with Crippen LogP contribution in [0.15, 0.2) is 12.5 Å². The standard InChI is InChI=1S/C11H17N5O/c1-11(2,3-4-17)6-12-9-8-5-15-16-10(8)14-7-13-9/h5,7,17H,3-4,6H2,1-2H3,(H2,12,13,14,15,16). The lowest BCUT2D eigenvalue weighted by atomic mass is 9.90. The second-order valence-electron chi connectivity index (χ2n) is 4.85. The van der Waals surface area contributed by atoms with Gasteiger partial charge in [0.1, 0.15) is 12.1 Å². The van der Waals surface area contributed by atoms with Crippen molar-refractivity contribution in [3.63, 3.8) is 0 Å². The Morgan fingerprint density at radius 1 is 1.41 bits per heavy atom. The Hall–Kier alpha value is -1.69. The third-order valence-corrected chi connectivity index (χ3v) is 2.77. The minimum atomic E-state index is 0.0236. The summed E-state index contributed by atoms with van der Waals surface area (Å²) >= 11 is 0. The minimum Gasteiger partial charge on any atom is -0.396 e. The second-order valence-corrected chi connectivity index (χ2v) is 4.85. The lowest BCUT2D eigenvalue weighted by Crippen LogP contribution is -2.24. The van der Waals surface area contributed by atoms with Crippen LogP contribution in [0.5, 0.6) is 0 Å². The number of aliphatic hydroxyl groups excluding tert-OH is 1. The molecule has 0 aromatic carbocycles. The molecule has 6 nitrogen and oxygen atoms in total. The minimum absolute atomic E-state index is 0.0236. The number of rotatable bonds is 5. The van der Waals surface area contributed by atoms with Crippen LogP contribution in [0.3, 0.4) is 0 Å². The van der Waals surface area contributed by atoms with Gasteiger partial charge >= 0.3 is 0 Å². The number of aliphatic hydroxyl groups is 1. The van der Waals surface area contributed by atoms with Crippen LogP contribution < -0.4 is 5.32 Å². The fourth-order valence-corrected chi connectivity index (χ4v) is 1.62. The van der Waals surface area contributed by atoms with E-state index in [0.29, 0.717) is 0 Å². The SMILES string of the molecule is CC(C)(CCO)CNc1ncnc2[nH]ncc12. The van der Waals surface area contributed by atoms with Gasteiger partial charge in [0.15, 0.2) is 5.65 Å². The first-order valence-electron chi connectivity index (χ1n) is 5.61. The molecule has 2 aromatic rings. The summed E-state index contributed by atoms with van der Waals surface area (Å²) in [6.07, 6.45) is 3.96. The van der Waals surface area contributed by atoms with E-state index in [1.54, 1.807) is 6.20 Å². The van der Waals surface area contributed by atoms with Crippen LogP contribution >= 0.6 is 0 Å². The highest BCUT2D eigenvalue weighted by atomic mass is 16.3. The average Bonchev–Trinajstić information content (AvgIpc) is 2.74. The summed E-state index contributed by atoms with van der Waals surface area (Å²) in [5.74, 6) is 0.773. The molecule has 0 saturated heterocycles. The van der Waals surface area contributed by atoms with E-state index < -0.39 is 0 Å². The molecule has 2 heterocycles. The lowest BCUT2D eigenvalue weighted by molar-refractivity contribution is 0.220. The van der Waals surface area contributed by atoms with Crippen molar-refractivity contribution in [1.29, 1.82) is 0 Å². The van der Waals surface area contributed by atoms with Crippen LogP contribution in [0.4, 0.5) is 5.82 Å². The summed E-state index contributed by atoms with van der Waals surface area (Å²) in [5.41, 5.74) is 0.748. The van der Waals surface area contributed by atoms with Crippen LogP contribution in [-0.2, 0) is 0 Å². The zero-order valence-electron chi connectivity index (χ0n) is 10.1. The zero-order valence-corrected chi connectivity index (χ0v) is 10.1. The number of hydrogen-bond acceptors (Lipinski definition) is 5. The summed E-state index contributed by atoms with van der Waals surface area (Å²) in [6.45, 7) is 5.14. The molecule has 2 aromatic heterocycles. The van der Waals surface area contributed by atoms with Crippen molar-refractivity contribution in [3.05, 3.63) is 12.5 Å². The number of nitrogens with zero attached hydrogens (tertiary/aromatic N) is 3. The predicted molar refractivity (Wildman–Crippen MR) is 65.7 cm³/mol. The molecule has 0 radical (unpaired) electrons. The number of aromatic amines is 1. The summed E-state index contributed by atoms with van der Waals surface area (Å²) < 4.78 is 0. The Kier molecular flexibility index (Phi) is 3.23. The van der Waals surface area contributed by atoms with E-state index in [-0.39, 0.29) is 12.0 Å². The zero-order chi connectivity index (χ0) is 12.3. The molecule has 6 heteroatoms. The molecule has 0 amide bonds. The Balaban J connectivity index is 2.11. The summed E-state index contributed by atoms with van der Waals surface area (Å²) in [6, 6.07) is 0. The van der Waals surface area contributed by atoms with Crippen LogP contribution in [0.2, 0.25) is 0 Å². The van der Waals surface area contributed by atoms with E-state index in [0.717, 1.165) is 29.8 Å². The summed E-state index contributed by atoms with van der Waals surface area (Å²) in [7, 11) is 0. The Morgan fingerprint density at radius 3 is 3.00 bits per heavy atom. The van der Waals surface area contributed by atoms with E-state index >= 15 is 0 Å². The van der Waals surface area contributed by atoms with Crippen LogP contribution in [0.25, 0.3) is 11.0 Å². The van der Waals surface area contributed by atoms with Gasteiger partial charge in [0.05, 0.1) is 11.6 Å². The topological polar surface area (TPSA) is 86.7 Å². The van der Waals surface area contributed by atoms with Gasteiger partial charge in [0, 0.05) is 13.2 Å². The maximum atomic E-state index is 8.97. The molecule has 0 atom stereocenters. The van der Waals surface area contributed by atoms with Crippen molar-refractivity contribution in [2.45, 2.75) is 20.3 Å². The lowest BCUT2D eigenvalue weighted by Gasteiger charge is -2.24. The average molecular weight is 235 g/mol. The van der Waals surface area contributed by atoms with Crippen LogP contribution in [0.1, 0.15) is 20.3 Å². The molecule has 0 aliphatic heterocycles. The fourth-order valence-electron chi connectivity index (χ4n) is 1.62. The third-order valence-electron chi connectivity index (χ3n) is 2.77. The Bertz CT molecular complexity index is 493. The van der Waals surface area contributed by atoms with E-state index in [9.17, 15) is 0 Å². The van der Waals surface area contributed by atoms with Gasteiger partial charge in [-0.05, 0) is 11.8 Å². The maximum absolute atomic E-state index is 8.97. The molecule has 0 saturated carbocycles. The van der Waals surface area contributed by atoms with Crippen LogP contribution in [0, 0.1) is 5.41 Å². The molecule has 2 rings (SSSR count). The van der Waals surface area contributed by atoms with Crippen molar-refractivity contribution in [2.75, 3.05) is 18.5 Å². The molecular weight excluding hydrogens is 218 g/mol. The van der Waals surface area contributed by atoms with Gasteiger partial charge < -0.3 is 10.4 Å². The largest absolute Gasteiger partial charge is 0.396 e. The second kappa shape index (κ2) is 4.67. The Labute approximate surface area is 99.5 Å². The van der Waals surface area contributed by atoms with Crippen molar-refractivity contribution in [2.24, 2.45) is 5.41 Å². The van der Waals surface area contributed by atoms with Crippen molar-refractivity contribution in [1.82, 2.24) is 20.2 Å². The predicted octanol–water partition coefficient (Wildman–Crippen LogP) is 1.17. The summed E-state index contributed by atoms with van der Waals surface area (Å²) in [4.78, 5) is 8.27. The maximum Gasteiger partial charge on any atom is 0.160 e. The van der Waals surface area contributed by atoms with Gasteiger partial charge in [-0.1, -0.05) is 13.8 Å². The third kappa shape index (κ3) is 2.71. The number of hydrogen-bond donors (Lipinski definition) is 3. The van der Waals surface area contributed by atoms with Crippen molar-refractivity contribution < 1.29 is 5.11 Å². The molecule has 0 unspecified atom stereocenters. The van der Waals surface area contributed by atoms with E-state index in [1.807, 2.05) is 0 Å². The summed E-state index contributed by atoms with van der Waals surface area (Å²) in [5, 5.41) is 19.9. The van der Waals surface area contributed by atoms with Gasteiger partial charge in [0.2, 0.25) is 0 Å². The van der Waals surface area contributed by atoms with Crippen molar-refractivity contribution in [3.8, 4) is 0 Å². The molecule has 92 valence electrons. The number of aromatic nitrogens is 4. The molecule has 17 heavy (non-hydrogen) atoms. The highest BCUT2D eigenvalue weighted by molar-refractivity contribution is 5.85. The number of anilines is 1. The number of H-pyrrole nitrogens is 1. The molecule has 0 spiro atoms. The quantitative estimate of drug-likeness (QED) is 0.724. The fraction of sp³-hybridized carbons (Fsp3) is 0.545. The normalized spacial score (nSPS) is 11.9. The Morgan fingerprint density at radius 2 is 2.24 bits per heavy atom. The smallest absolute Gasteiger partial charge is 0.160 e. The van der Waals surface area contributed by atoms with E-state index in [4.69, 9.17) is 5.11 Å². The molecule has 0 fully saturated rings. The first-order chi connectivity index (χ1) is 8.12. The van der Waals surface area contributed by atoms with E-state index in [2.05, 4.69) is 39.3 Å². The molecular formula is C11H17N5O. The highest BCUT2D eigenvalue weighted by Gasteiger charge is 2.17. The molecule has 3 N–H and O–H groups in total. The monoisotopic (exact) mass is 235 g/mol. The molecule has 0 aliphatic rings.